The second-order valence-electron chi connectivity index (χ2n) is 5.79. The first kappa shape index (κ1) is 10.7. The number of halogens is 1. The Morgan fingerprint density at radius 1 is 1.28 bits per heavy atom. The van der Waals surface area contributed by atoms with E-state index in [1.165, 1.54) is 25.7 Å². The van der Waals surface area contributed by atoms with Gasteiger partial charge in [-0.15, -0.1) is 0 Å². The van der Waals surface area contributed by atoms with Crippen LogP contribution >= 0.6 is 11.6 Å². The Balaban J connectivity index is 1.80. The number of nitrogens with two attached hydrogens (primary N) is 1. The molecular weight excluding hydrogens is 246 g/mol. The molecule has 0 spiro atoms. The molecule has 18 heavy (non-hydrogen) atoms. The van der Waals surface area contributed by atoms with Gasteiger partial charge in [-0.25, -0.2) is 4.98 Å². The van der Waals surface area contributed by atoms with Crippen LogP contribution in [-0.2, 0) is 0 Å². The Kier molecular flexibility index (Phi) is 2.16. The molecule has 0 amide bonds. The predicted molar refractivity (Wildman–Crippen MR) is 73.7 cm³/mol. The van der Waals surface area contributed by atoms with Crippen LogP contribution in [-0.4, -0.2) is 9.97 Å². The number of aromatic nitrogens is 2. The van der Waals surface area contributed by atoms with Gasteiger partial charge in [-0.2, -0.15) is 0 Å². The molecule has 0 radical (unpaired) electrons. The van der Waals surface area contributed by atoms with Crippen LogP contribution in [0.5, 0.6) is 0 Å². The van der Waals surface area contributed by atoms with Gasteiger partial charge in [0.05, 0.1) is 11.2 Å². The number of H-pyrrole nitrogens is 1. The van der Waals surface area contributed by atoms with Crippen molar-refractivity contribution >= 4 is 28.3 Å². The highest BCUT2D eigenvalue weighted by Crippen LogP contribution is 2.52. The molecule has 1 aromatic carbocycles. The van der Waals surface area contributed by atoms with E-state index in [9.17, 15) is 0 Å². The average molecular weight is 262 g/mol. The lowest BCUT2D eigenvalue weighted by atomic mass is 9.88. The summed E-state index contributed by atoms with van der Waals surface area (Å²) in [7, 11) is 0. The summed E-state index contributed by atoms with van der Waals surface area (Å²) in [6, 6.07) is 3.69. The van der Waals surface area contributed by atoms with E-state index in [4.69, 9.17) is 22.3 Å². The quantitative estimate of drug-likeness (QED) is 0.769. The third kappa shape index (κ3) is 1.46. The summed E-state index contributed by atoms with van der Waals surface area (Å²) in [5, 5.41) is 0.670. The van der Waals surface area contributed by atoms with Gasteiger partial charge < -0.3 is 10.7 Å². The standard InChI is InChI=1S/C14H16ClN3/c15-9-5-11(16)13-12(6-9)17-14(18-13)10-4-7-1-2-8(10)3-7/h5-8,10H,1-4,16H2,(H,17,18). The minimum atomic E-state index is 0.606. The molecule has 2 aliphatic carbocycles. The van der Waals surface area contributed by atoms with Crippen LogP contribution in [0, 0.1) is 11.8 Å². The molecule has 2 fully saturated rings. The third-order valence-electron chi connectivity index (χ3n) is 4.69. The van der Waals surface area contributed by atoms with E-state index < -0.39 is 0 Å². The number of nitrogens with zero attached hydrogens (tertiary/aromatic N) is 1. The van der Waals surface area contributed by atoms with E-state index in [2.05, 4.69) is 4.98 Å². The summed E-state index contributed by atoms with van der Waals surface area (Å²) in [4.78, 5) is 8.14. The molecule has 3 unspecified atom stereocenters. The Hall–Kier alpha value is -1.22. The smallest absolute Gasteiger partial charge is 0.112 e. The molecule has 3 N–H and O–H groups in total. The van der Waals surface area contributed by atoms with Crippen molar-refractivity contribution in [1.29, 1.82) is 0 Å². The van der Waals surface area contributed by atoms with Crippen molar-refractivity contribution in [2.75, 3.05) is 5.73 Å². The summed E-state index contributed by atoms with van der Waals surface area (Å²) in [5.74, 6) is 3.47. The summed E-state index contributed by atoms with van der Waals surface area (Å²) in [6.07, 6.45) is 5.45. The molecule has 1 aromatic heterocycles. The highest BCUT2D eigenvalue weighted by atomic mass is 35.5. The molecule has 3 nitrogen and oxygen atoms in total. The lowest BCUT2D eigenvalue weighted by Crippen LogP contribution is -2.09. The molecule has 4 heteroatoms. The minimum Gasteiger partial charge on any atom is -0.397 e. The highest BCUT2D eigenvalue weighted by molar-refractivity contribution is 6.31. The molecule has 1 heterocycles. The number of nitrogen functional groups attached to an aromatic ring is 1. The van der Waals surface area contributed by atoms with Crippen LogP contribution in [0.2, 0.25) is 5.02 Å². The Labute approximate surface area is 111 Å². The number of aromatic amines is 1. The lowest BCUT2D eigenvalue weighted by molar-refractivity contribution is 0.408. The van der Waals surface area contributed by atoms with Gasteiger partial charge in [0.1, 0.15) is 11.3 Å². The number of imidazole rings is 1. The average Bonchev–Trinajstić information content (AvgIpc) is 3.01. The first-order valence-electron chi connectivity index (χ1n) is 6.65. The number of nitrogens with one attached hydrogen (secondary N) is 1. The van der Waals surface area contributed by atoms with Gasteiger partial charge in [0.15, 0.2) is 0 Å². The number of benzene rings is 1. The third-order valence-corrected chi connectivity index (χ3v) is 4.91. The molecule has 0 aliphatic heterocycles. The van der Waals surface area contributed by atoms with E-state index in [1.54, 1.807) is 6.07 Å². The zero-order valence-corrected chi connectivity index (χ0v) is 10.9. The van der Waals surface area contributed by atoms with E-state index in [1.807, 2.05) is 6.07 Å². The van der Waals surface area contributed by atoms with Gasteiger partial charge in [-0.05, 0) is 43.2 Å². The molecular formula is C14H16ClN3. The van der Waals surface area contributed by atoms with Gasteiger partial charge in [-0.1, -0.05) is 18.0 Å². The van der Waals surface area contributed by atoms with Crippen LogP contribution in [0.3, 0.4) is 0 Å². The monoisotopic (exact) mass is 261 g/mol. The fourth-order valence-corrected chi connectivity index (χ4v) is 4.11. The predicted octanol–water partition coefficient (Wildman–Crippen LogP) is 3.70. The Morgan fingerprint density at radius 2 is 2.17 bits per heavy atom. The van der Waals surface area contributed by atoms with Crippen LogP contribution in [0.15, 0.2) is 12.1 Å². The molecule has 2 bridgehead atoms. The van der Waals surface area contributed by atoms with E-state index >= 15 is 0 Å². The largest absolute Gasteiger partial charge is 0.397 e. The van der Waals surface area contributed by atoms with Crippen molar-refractivity contribution in [2.24, 2.45) is 11.8 Å². The van der Waals surface area contributed by atoms with Crippen molar-refractivity contribution in [3.63, 3.8) is 0 Å². The first-order chi connectivity index (χ1) is 8.70. The number of hydrogen-bond donors (Lipinski definition) is 2. The SMILES string of the molecule is Nc1cc(Cl)cc2[nH]c(C3CC4CCC3C4)nc12. The van der Waals surface area contributed by atoms with Crippen molar-refractivity contribution in [1.82, 2.24) is 9.97 Å². The van der Waals surface area contributed by atoms with Crippen LogP contribution < -0.4 is 5.73 Å². The second kappa shape index (κ2) is 3.64. The molecule has 2 aliphatic rings. The Morgan fingerprint density at radius 3 is 2.89 bits per heavy atom. The molecule has 4 rings (SSSR count). The minimum absolute atomic E-state index is 0.606. The fourth-order valence-electron chi connectivity index (χ4n) is 3.88. The second-order valence-corrected chi connectivity index (χ2v) is 6.23. The van der Waals surface area contributed by atoms with Gasteiger partial charge in [0.2, 0.25) is 0 Å². The maximum atomic E-state index is 6.03. The molecule has 94 valence electrons. The van der Waals surface area contributed by atoms with Gasteiger partial charge in [0.25, 0.3) is 0 Å². The lowest BCUT2D eigenvalue weighted by Gasteiger charge is -2.18. The fraction of sp³-hybridized carbons (Fsp3) is 0.500. The number of hydrogen-bond acceptors (Lipinski definition) is 2. The summed E-state index contributed by atoms with van der Waals surface area (Å²) >= 11 is 6.03. The van der Waals surface area contributed by atoms with Crippen LogP contribution in [0.25, 0.3) is 11.0 Å². The number of fused-ring (bicyclic) bond motifs is 3. The summed E-state index contributed by atoms with van der Waals surface area (Å²) < 4.78 is 0. The zero-order chi connectivity index (χ0) is 12.3. The van der Waals surface area contributed by atoms with E-state index in [0.29, 0.717) is 16.6 Å². The van der Waals surface area contributed by atoms with Gasteiger partial charge in [0, 0.05) is 10.9 Å². The van der Waals surface area contributed by atoms with Crippen molar-refractivity contribution in [2.45, 2.75) is 31.6 Å². The van der Waals surface area contributed by atoms with Gasteiger partial charge in [-0.3, -0.25) is 0 Å². The molecule has 0 saturated heterocycles. The molecule has 3 atom stereocenters. The summed E-state index contributed by atoms with van der Waals surface area (Å²) in [6.45, 7) is 0. The number of rotatable bonds is 1. The van der Waals surface area contributed by atoms with Crippen molar-refractivity contribution in [3.05, 3.63) is 23.0 Å². The first-order valence-corrected chi connectivity index (χ1v) is 7.03. The normalized spacial score (nSPS) is 30.4. The van der Waals surface area contributed by atoms with Crippen molar-refractivity contribution < 1.29 is 0 Å². The van der Waals surface area contributed by atoms with Crippen LogP contribution in [0.1, 0.15) is 37.4 Å². The molecule has 2 saturated carbocycles. The van der Waals surface area contributed by atoms with Crippen molar-refractivity contribution in [3.8, 4) is 0 Å². The van der Waals surface area contributed by atoms with E-state index in [-0.39, 0.29) is 0 Å². The summed E-state index contributed by atoms with van der Waals surface area (Å²) in [5.41, 5.74) is 8.49. The maximum Gasteiger partial charge on any atom is 0.112 e. The van der Waals surface area contributed by atoms with E-state index in [0.717, 1.165) is 28.7 Å². The topological polar surface area (TPSA) is 54.7 Å². The number of anilines is 1. The maximum absolute atomic E-state index is 6.03. The van der Waals surface area contributed by atoms with Gasteiger partial charge >= 0.3 is 0 Å². The molecule has 2 aromatic rings. The Bertz CT molecular complexity index is 619. The zero-order valence-electron chi connectivity index (χ0n) is 10.1. The highest BCUT2D eigenvalue weighted by Gasteiger charge is 2.41. The van der Waals surface area contributed by atoms with Crippen LogP contribution in [0.4, 0.5) is 5.69 Å².